The summed E-state index contributed by atoms with van der Waals surface area (Å²) in [5.41, 5.74) is 0. The molecule has 0 saturated carbocycles. The van der Waals surface area contributed by atoms with Crippen molar-refractivity contribution in [2.24, 2.45) is 0 Å². The molecule has 1 heterocycles. The van der Waals surface area contributed by atoms with Gasteiger partial charge in [-0.3, -0.25) is 0 Å². The summed E-state index contributed by atoms with van der Waals surface area (Å²) in [7, 11) is 13.8. The molecule has 0 atom stereocenters. The van der Waals surface area contributed by atoms with E-state index in [2.05, 4.69) is 40.7 Å². The number of halogens is 2. The van der Waals surface area contributed by atoms with Crippen LogP contribution in [0, 0.1) is 0 Å². The Balaban J connectivity index is 0.000000982. The van der Waals surface area contributed by atoms with Gasteiger partial charge in [-0.2, -0.15) is 6.20 Å². The van der Waals surface area contributed by atoms with Gasteiger partial charge in [-0.15, -0.1) is 19.6 Å². The van der Waals surface area contributed by atoms with Gasteiger partial charge in [0.05, 0.1) is 0 Å². The molecule has 19 heavy (non-hydrogen) atoms. The summed E-state index contributed by atoms with van der Waals surface area (Å²) in [5.74, 6) is 0. The molecular formula is C12H24Cl2FeN4-2. The fourth-order valence-electron chi connectivity index (χ4n) is 1.64. The van der Waals surface area contributed by atoms with Gasteiger partial charge < -0.3 is 20.4 Å². The van der Waals surface area contributed by atoms with Crippen LogP contribution in [0.5, 0.6) is 0 Å². The van der Waals surface area contributed by atoms with Crippen molar-refractivity contribution < 1.29 is 13.1 Å². The van der Waals surface area contributed by atoms with E-state index in [4.69, 9.17) is 20.2 Å². The average molecular weight is 351 g/mol. The fourth-order valence-corrected chi connectivity index (χ4v) is 1.64. The molecule has 7 heteroatoms. The first-order chi connectivity index (χ1) is 9.20. The number of hydrogen-bond donors (Lipinski definition) is 0. The van der Waals surface area contributed by atoms with Gasteiger partial charge in [0.15, 0.2) is 0 Å². The second kappa shape index (κ2) is 14.8. The Hall–Kier alpha value is 0.359. The van der Waals surface area contributed by atoms with E-state index < -0.39 is 0 Å². The van der Waals surface area contributed by atoms with E-state index in [-0.39, 0.29) is 13.1 Å². The standard InChI is InChI=1S/C12H24N4.2ClH.Fe/c1-15-9-3-5-14-8-12-16(2)10-4-6-13-7-11-15;;;/h7,11H,3-6,8-10,12H2,1-2H3;2*1H;/q-2;;;+2/p-2. The molecule has 116 valence electrons. The summed E-state index contributed by atoms with van der Waals surface area (Å²) in [6, 6.07) is 0. The van der Waals surface area contributed by atoms with E-state index in [0.29, 0.717) is 0 Å². The van der Waals surface area contributed by atoms with Gasteiger partial charge >= 0.3 is 33.3 Å². The zero-order valence-corrected chi connectivity index (χ0v) is 14.3. The number of rotatable bonds is 0. The van der Waals surface area contributed by atoms with Crippen molar-refractivity contribution in [2.75, 3.05) is 53.4 Å². The summed E-state index contributed by atoms with van der Waals surface area (Å²) in [6.45, 7) is 6.11. The summed E-state index contributed by atoms with van der Waals surface area (Å²) in [4.78, 5) is 4.51. The van der Waals surface area contributed by atoms with Gasteiger partial charge in [-0.05, 0) is 26.3 Å². The van der Waals surface area contributed by atoms with E-state index in [0.717, 1.165) is 52.1 Å². The van der Waals surface area contributed by atoms with Crippen LogP contribution in [0.1, 0.15) is 12.8 Å². The maximum atomic E-state index is 4.76. The molecule has 0 aromatic carbocycles. The third kappa shape index (κ3) is 14.6. The van der Waals surface area contributed by atoms with E-state index in [1.54, 1.807) is 0 Å². The first-order valence-corrected chi connectivity index (χ1v) is 9.45. The number of hydrogen-bond acceptors (Lipinski definition) is 2. The molecule has 1 aliphatic heterocycles. The van der Waals surface area contributed by atoms with Gasteiger partial charge in [0.2, 0.25) is 0 Å². The molecular weight excluding hydrogens is 327 g/mol. The van der Waals surface area contributed by atoms with Gasteiger partial charge in [-0.25, -0.2) is 0 Å². The zero-order chi connectivity index (χ0) is 14.3. The second-order valence-corrected chi connectivity index (χ2v) is 6.24. The summed E-state index contributed by atoms with van der Waals surface area (Å²) in [5, 5.41) is 8.90. The topological polar surface area (TPSA) is 34.7 Å². The van der Waals surface area contributed by atoms with E-state index >= 15 is 0 Å². The van der Waals surface area contributed by atoms with Gasteiger partial charge in [0, 0.05) is 13.6 Å². The predicted octanol–water partition coefficient (Wildman–Crippen LogP) is 3.24. The summed E-state index contributed by atoms with van der Waals surface area (Å²) in [6.07, 6.45) is 6.23. The molecule has 0 N–H and O–H groups in total. The SMILES string of the molecule is CN1C=C[N-]CCCN(C)CC[N-]CCC1.[Cl][Fe][Cl]. The van der Waals surface area contributed by atoms with Gasteiger partial charge in [0.25, 0.3) is 0 Å². The Morgan fingerprint density at radius 2 is 1.68 bits per heavy atom. The monoisotopic (exact) mass is 350 g/mol. The van der Waals surface area contributed by atoms with Crippen molar-refractivity contribution in [1.82, 2.24) is 9.80 Å². The Morgan fingerprint density at radius 3 is 2.42 bits per heavy atom. The Kier molecular flexibility index (Phi) is 15.0. The van der Waals surface area contributed by atoms with Crippen molar-refractivity contribution in [1.29, 1.82) is 0 Å². The fraction of sp³-hybridized carbons (Fsp3) is 0.833. The second-order valence-electron chi connectivity index (χ2n) is 4.42. The zero-order valence-electron chi connectivity index (χ0n) is 11.7. The normalized spacial score (nSPS) is 20.1. The molecule has 0 spiro atoms. The third-order valence-electron chi connectivity index (χ3n) is 2.72. The third-order valence-corrected chi connectivity index (χ3v) is 2.72. The minimum atomic E-state index is 0.194. The van der Waals surface area contributed by atoms with Crippen LogP contribution in [-0.4, -0.2) is 63.2 Å². The Bertz CT molecular complexity index is 220. The van der Waals surface area contributed by atoms with Crippen molar-refractivity contribution in [2.45, 2.75) is 12.8 Å². The molecule has 0 aromatic heterocycles. The van der Waals surface area contributed by atoms with Crippen LogP contribution in [-0.2, 0) is 13.1 Å². The molecule has 1 aliphatic rings. The molecule has 1 rings (SSSR count). The Labute approximate surface area is 132 Å². The molecule has 0 unspecified atom stereocenters. The first-order valence-electron chi connectivity index (χ1n) is 6.41. The Morgan fingerprint density at radius 1 is 1.00 bits per heavy atom. The van der Waals surface area contributed by atoms with Crippen LogP contribution in [0.3, 0.4) is 0 Å². The van der Waals surface area contributed by atoms with E-state index in [9.17, 15) is 0 Å². The molecule has 0 aliphatic carbocycles. The van der Waals surface area contributed by atoms with E-state index in [1.165, 1.54) is 0 Å². The van der Waals surface area contributed by atoms with Crippen LogP contribution in [0.2, 0.25) is 0 Å². The maximum absolute atomic E-state index is 4.76. The molecule has 0 amide bonds. The average Bonchev–Trinajstić information content (AvgIpc) is 2.38. The number of nitrogens with zero attached hydrogens (tertiary/aromatic N) is 4. The van der Waals surface area contributed by atoms with Crippen LogP contribution in [0.15, 0.2) is 12.4 Å². The summed E-state index contributed by atoms with van der Waals surface area (Å²) < 4.78 is 0. The van der Waals surface area contributed by atoms with E-state index in [1.807, 2.05) is 6.20 Å². The molecule has 0 fully saturated rings. The van der Waals surface area contributed by atoms with Crippen LogP contribution >= 0.6 is 20.2 Å². The van der Waals surface area contributed by atoms with Crippen molar-refractivity contribution in [3.05, 3.63) is 23.0 Å². The van der Waals surface area contributed by atoms with Crippen LogP contribution in [0.25, 0.3) is 10.6 Å². The molecule has 0 saturated heterocycles. The van der Waals surface area contributed by atoms with Gasteiger partial charge in [-0.1, -0.05) is 12.8 Å². The first kappa shape index (κ1) is 19.4. The number of likely N-dealkylation sites (N-methyl/N-ethyl adjacent to an activating group) is 1. The van der Waals surface area contributed by atoms with Crippen molar-refractivity contribution >= 4 is 20.2 Å². The molecule has 0 aromatic rings. The quantitative estimate of drug-likeness (QED) is 0.628. The van der Waals surface area contributed by atoms with Crippen LogP contribution in [0.4, 0.5) is 0 Å². The minimum absolute atomic E-state index is 0.194. The molecule has 4 nitrogen and oxygen atoms in total. The predicted molar refractivity (Wildman–Crippen MR) is 81.5 cm³/mol. The van der Waals surface area contributed by atoms with Crippen LogP contribution < -0.4 is 0 Å². The van der Waals surface area contributed by atoms with Gasteiger partial charge in [0.1, 0.15) is 0 Å². The molecule has 0 bridgehead atoms. The molecule has 0 radical (unpaired) electrons. The summed E-state index contributed by atoms with van der Waals surface area (Å²) >= 11 is 0.194. The van der Waals surface area contributed by atoms with Crippen molar-refractivity contribution in [3.8, 4) is 0 Å². The van der Waals surface area contributed by atoms with Crippen molar-refractivity contribution in [3.63, 3.8) is 0 Å².